The van der Waals surface area contributed by atoms with Crippen molar-refractivity contribution in [2.24, 2.45) is 0 Å². The minimum atomic E-state index is -5.07. The highest BCUT2D eigenvalue weighted by Crippen LogP contribution is 2.33. The SMILES string of the molecule is O=C(ON1CCC(c2ccc(OCCOCCc3ccccc3)cc2)C(OCc2ccc3ccccc3c2)C1)C(F)(F)F. The fraction of sp³-hybridized carbons (Fsp3) is 0.324. The standard InChI is InChI=1S/C34H34F3NO5/c35-34(36,37)33(39)43-38-18-16-31(32(23-38)42-24-26-10-11-27-8-4-5-9-29(27)22-26)28-12-14-30(15-13-28)41-21-20-40-19-17-25-6-2-1-3-7-25/h1-15,22,31-32H,16-21,23-24H2. The molecule has 0 aliphatic carbocycles. The predicted molar refractivity (Wildman–Crippen MR) is 157 cm³/mol. The lowest BCUT2D eigenvalue weighted by molar-refractivity contribution is -0.248. The van der Waals surface area contributed by atoms with Gasteiger partial charge in [0.05, 0.1) is 32.5 Å². The zero-order valence-corrected chi connectivity index (χ0v) is 23.7. The molecule has 6 nitrogen and oxygen atoms in total. The first-order valence-corrected chi connectivity index (χ1v) is 14.3. The first-order valence-electron chi connectivity index (χ1n) is 14.3. The van der Waals surface area contributed by atoms with Crippen LogP contribution in [0.15, 0.2) is 97.1 Å². The minimum Gasteiger partial charge on any atom is -0.491 e. The molecule has 0 spiro atoms. The van der Waals surface area contributed by atoms with Gasteiger partial charge >= 0.3 is 12.1 Å². The van der Waals surface area contributed by atoms with Crippen molar-refractivity contribution in [2.45, 2.75) is 37.6 Å². The number of ether oxygens (including phenoxy) is 3. The highest BCUT2D eigenvalue weighted by atomic mass is 19.4. The van der Waals surface area contributed by atoms with E-state index in [0.717, 1.165) is 33.4 Å². The molecule has 0 bridgehead atoms. The van der Waals surface area contributed by atoms with Gasteiger partial charge < -0.3 is 19.0 Å². The number of hydrogen-bond donors (Lipinski definition) is 0. The van der Waals surface area contributed by atoms with Crippen LogP contribution in [0.1, 0.15) is 29.0 Å². The maximum Gasteiger partial charge on any atom is 0.492 e. The summed E-state index contributed by atoms with van der Waals surface area (Å²) >= 11 is 0. The van der Waals surface area contributed by atoms with Crippen molar-refractivity contribution in [1.29, 1.82) is 0 Å². The first-order chi connectivity index (χ1) is 20.8. The molecule has 1 aliphatic rings. The van der Waals surface area contributed by atoms with Crippen LogP contribution < -0.4 is 4.74 Å². The molecule has 4 aromatic carbocycles. The van der Waals surface area contributed by atoms with Gasteiger partial charge in [-0.2, -0.15) is 13.2 Å². The Bertz CT molecular complexity index is 1460. The summed E-state index contributed by atoms with van der Waals surface area (Å²) in [7, 11) is 0. The Kier molecular flexibility index (Phi) is 10.3. The van der Waals surface area contributed by atoms with Crippen LogP contribution in [0.25, 0.3) is 10.8 Å². The molecule has 0 saturated carbocycles. The number of hydroxylamine groups is 2. The van der Waals surface area contributed by atoms with Crippen LogP contribution in [-0.2, 0) is 32.1 Å². The van der Waals surface area contributed by atoms with Gasteiger partial charge in [-0.1, -0.05) is 78.9 Å². The molecule has 5 rings (SSSR count). The van der Waals surface area contributed by atoms with Gasteiger partial charge in [0, 0.05) is 12.5 Å². The third-order valence-electron chi connectivity index (χ3n) is 7.43. The minimum absolute atomic E-state index is 0.0125. The van der Waals surface area contributed by atoms with Gasteiger partial charge in [0.2, 0.25) is 0 Å². The Labute approximate surface area is 248 Å². The van der Waals surface area contributed by atoms with E-state index in [-0.39, 0.29) is 25.6 Å². The van der Waals surface area contributed by atoms with Crippen LogP contribution in [0.4, 0.5) is 13.2 Å². The predicted octanol–water partition coefficient (Wildman–Crippen LogP) is 6.87. The van der Waals surface area contributed by atoms with E-state index in [1.54, 1.807) is 0 Å². The lowest BCUT2D eigenvalue weighted by atomic mass is 9.87. The quantitative estimate of drug-likeness (QED) is 0.167. The molecule has 0 amide bonds. The largest absolute Gasteiger partial charge is 0.492 e. The maximum absolute atomic E-state index is 12.8. The molecule has 226 valence electrons. The van der Waals surface area contributed by atoms with Crippen molar-refractivity contribution in [3.05, 3.63) is 114 Å². The van der Waals surface area contributed by atoms with Crippen LogP contribution in [0.3, 0.4) is 0 Å². The third kappa shape index (κ3) is 8.79. The Morgan fingerprint density at radius 1 is 0.814 bits per heavy atom. The molecule has 43 heavy (non-hydrogen) atoms. The second-order valence-electron chi connectivity index (χ2n) is 10.5. The highest BCUT2D eigenvalue weighted by molar-refractivity contribution is 5.82. The molecule has 1 heterocycles. The van der Waals surface area contributed by atoms with Crippen LogP contribution in [0, 0.1) is 0 Å². The molecule has 1 saturated heterocycles. The van der Waals surface area contributed by atoms with Crippen molar-refractivity contribution in [2.75, 3.05) is 32.9 Å². The van der Waals surface area contributed by atoms with E-state index in [1.165, 1.54) is 5.56 Å². The van der Waals surface area contributed by atoms with Gasteiger partial charge in [0.1, 0.15) is 12.4 Å². The lowest BCUT2D eigenvalue weighted by Gasteiger charge is -2.37. The first kappa shape index (κ1) is 30.5. The Morgan fingerprint density at radius 2 is 1.56 bits per heavy atom. The van der Waals surface area contributed by atoms with Gasteiger partial charge in [0.15, 0.2) is 0 Å². The number of alkyl halides is 3. The topological polar surface area (TPSA) is 57.2 Å². The number of piperidine rings is 1. The van der Waals surface area contributed by atoms with Crippen LogP contribution in [-0.4, -0.2) is 56.2 Å². The number of benzene rings is 4. The molecule has 2 unspecified atom stereocenters. The summed E-state index contributed by atoms with van der Waals surface area (Å²) < 4.78 is 56.3. The summed E-state index contributed by atoms with van der Waals surface area (Å²) in [6, 6.07) is 31.8. The Morgan fingerprint density at radius 3 is 2.33 bits per heavy atom. The van der Waals surface area contributed by atoms with E-state index in [2.05, 4.69) is 17.0 Å². The average Bonchev–Trinajstić information content (AvgIpc) is 3.02. The molecule has 9 heteroatoms. The summed E-state index contributed by atoms with van der Waals surface area (Å²) in [4.78, 5) is 16.1. The Balaban J connectivity index is 1.17. The Hall–Kier alpha value is -3.92. The molecule has 1 aliphatic heterocycles. The summed E-state index contributed by atoms with van der Waals surface area (Å²) in [5, 5.41) is 3.22. The van der Waals surface area contributed by atoms with E-state index in [9.17, 15) is 18.0 Å². The zero-order valence-electron chi connectivity index (χ0n) is 23.7. The van der Waals surface area contributed by atoms with E-state index >= 15 is 0 Å². The molecular formula is C34H34F3NO5. The second kappa shape index (κ2) is 14.5. The fourth-order valence-electron chi connectivity index (χ4n) is 5.19. The van der Waals surface area contributed by atoms with Gasteiger partial charge in [0.25, 0.3) is 0 Å². The van der Waals surface area contributed by atoms with Crippen molar-refractivity contribution in [1.82, 2.24) is 5.06 Å². The molecule has 0 aromatic heterocycles. The third-order valence-corrected chi connectivity index (χ3v) is 7.43. The molecular weight excluding hydrogens is 559 g/mol. The van der Waals surface area contributed by atoms with Crippen molar-refractivity contribution in [3.8, 4) is 5.75 Å². The number of hydrogen-bond acceptors (Lipinski definition) is 6. The summed E-state index contributed by atoms with van der Waals surface area (Å²) in [5.41, 5.74) is 3.14. The number of fused-ring (bicyclic) bond motifs is 1. The second-order valence-corrected chi connectivity index (χ2v) is 10.5. The summed E-state index contributed by atoms with van der Waals surface area (Å²) in [6.07, 6.45) is -4.29. The fourth-order valence-corrected chi connectivity index (χ4v) is 5.19. The van der Waals surface area contributed by atoms with E-state index in [1.807, 2.05) is 84.9 Å². The van der Waals surface area contributed by atoms with Crippen LogP contribution in [0.2, 0.25) is 0 Å². The van der Waals surface area contributed by atoms with Crippen molar-refractivity contribution < 1.29 is 37.0 Å². The van der Waals surface area contributed by atoms with Gasteiger partial charge in [-0.3, -0.25) is 0 Å². The van der Waals surface area contributed by atoms with Gasteiger partial charge in [-0.05, 0) is 58.5 Å². The van der Waals surface area contributed by atoms with Gasteiger partial charge in [-0.15, -0.1) is 5.06 Å². The lowest BCUT2D eigenvalue weighted by Crippen LogP contribution is -2.46. The monoisotopic (exact) mass is 593 g/mol. The average molecular weight is 594 g/mol. The number of halogens is 3. The molecule has 0 N–H and O–H groups in total. The van der Waals surface area contributed by atoms with Gasteiger partial charge in [-0.25, -0.2) is 4.79 Å². The smallest absolute Gasteiger partial charge is 0.491 e. The van der Waals surface area contributed by atoms with Crippen molar-refractivity contribution in [3.63, 3.8) is 0 Å². The molecule has 0 radical (unpaired) electrons. The number of carbonyl (C=O) groups excluding carboxylic acids is 1. The van der Waals surface area contributed by atoms with Crippen LogP contribution in [0.5, 0.6) is 5.75 Å². The van der Waals surface area contributed by atoms with E-state index in [4.69, 9.17) is 14.2 Å². The molecule has 2 atom stereocenters. The van der Waals surface area contributed by atoms with E-state index < -0.39 is 18.2 Å². The normalized spacial score (nSPS) is 17.6. The summed E-state index contributed by atoms with van der Waals surface area (Å²) in [6.45, 7) is 1.92. The number of rotatable bonds is 12. The number of carbonyl (C=O) groups is 1. The molecule has 1 fully saturated rings. The highest BCUT2D eigenvalue weighted by Gasteiger charge is 2.44. The van der Waals surface area contributed by atoms with E-state index in [0.29, 0.717) is 32.0 Å². The summed E-state index contributed by atoms with van der Waals surface area (Å²) in [5.74, 6) is -1.65. The van der Waals surface area contributed by atoms with Crippen molar-refractivity contribution >= 4 is 16.7 Å². The molecule has 4 aromatic rings. The number of nitrogens with zero attached hydrogens (tertiary/aromatic N) is 1. The zero-order chi connectivity index (χ0) is 30.1. The maximum atomic E-state index is 12.8. The van der Waals surface area contributed by atoms with Crippen LogP contribution >= 0.6 is 0 Å².